The van der Waals surface area contributed by atoms with Crippen molar-refractivity contribution < 1.29 is 13.2 Å². The van der Waals surface area contributed by atoms with Crippen LogP contribution in [-0.2, 0) is 14.8 Å². The highest BCUT2D eigenvalue weighted by Crippen LogP contribution is 2.21. The number of ether oxygens (including phenoxy) is 1. The van der Waals surface area contributed by atoms with E-state index in [2.05, 4.69) is 0 Å². The monoisotopic (exact) mass is 234 g/mol. The summed E-state index contributed by atoms with van der Waals surface area (Å²) in [7, 11) is -3.17. The minimum Gasteiger partial charge on any atom is -0.380 e. The summed E-state index contributed by atoms with van der Waals surface area (Å²) in [4.78, 5) is 0. The number of nitrogens with zero attached hydrogens (tertiary/aromatic N) is 1. The van der Waals surface area contributed by atoms with Crippen LogP contribution in [0.1, 0.15) is 19.3 Å². The highest BCUT2D eigenvalue weighted by atomic mass is 32.2. The van der Waals surface area contributed by atoms with E-state index in [1.807, 2.05) is 0 Å². The van der Waals surface area contributed by atoms with E-state index in [0.29, 0.717) is 32.7 Å². The molecule has 2 aliphatic heterocycles. The Hall–Kier alpha value is -0.170. The van der Waals surface area contributed by atoms with Crippen molar-refractivity contribution in [1.82, 2.24) is 4.31 Å². The third kappa shape index (κ3) is 2.33. The van der Waals surface area contributed by atoms with Gasteiger partial charge >= 0.3 is 0 Å². The Balaban J connectivity index is 2.05. The van der Waals surface area contributed by atoms with Crippen LogP contribution in [0, 0.1) is 0 Å². The van der Waals surface area contributed by atoms with Crippen LogP contribution in [0.2, 0.25) is 0 Å². The van der Waals surface area contributed by atoms with Crippen molar-refractivity contribution in [1.29, 1.82) is 0 Å². The predicted molar refractivity (Wildman–Crippen MR) is 56.9 cm³/mol. The van der Waals surface area contributed by atoms with Crippen molar-refractivity contribution in [3.05, 3.63) is 0 Å². The largest absolute Gasteiger partial charge is 0.380 e. The van der Waals surface area contributed by atoms with Gasteiger partial charge in [-0.25, -0.2) is 8.42 Å². The van der Waals surface area contributed by atoms with Gasteiger partial charge in [0.1, 0.15) is 0 Å². The normalized spacial score (nSPS) is 34.5. The van der Waals surface area contributed by atoms with Gasteiger partial charge in [0.15, 0.2) is 0 Å². The molecule has 2 fully saturated rings. The molecule has 0 radical (unpaired) electrons. The zero-order valence-corrected chi connectivity index (χ0v) is 9.58. The number of hydrogen-bond donors (Lipinski definition) is 1. The highest BCUT2D eigenvalue weighted by molar-refractivity contribution is 7.89. The van der Waals surface area contributed by atoms with Gasteiger partial charge in [0.05, 0.1) is 11.9 Å². The van der Waals surface area contributed by atoms with Crippen molar-refractivity contribution in [2.24, 2.45) is 5.73 Å². The topological polar surface area (TPSA) is 72.6 Å². The lowest BCUT2D eigenvalue weighted by Gasteiger charge is -2.26. The number of rotatable bonds is 2. The molecule has 2 aliphatic rings. The predicted octanol–water partition coefficient (Wildman–Crippen LogP) is -0.472. The smallest absolute Gasteiger partial charge is 0.219 e. The van der Waals surface area contributed by atoms with Crippen molar-refractivity contribution >= 4 is 10.0 Å². The van der Waals surface area contributed by atoms with Gasteiger partial charge in [-0.15, -0.1) is 0 Å². The molecule has 2 rings (SSSR count). The van der Waals surface area contributed by atoms with Gasteiger partial charge in [-0.3, -0.25) is 0 Å². The molecule has 0 aromatic carbocycles. The van der Waals surface area contributed by atoms with E-state index in [1.165, 1.54) is 4.31 Å². The van der Waals surface area contributed by atoms with Crippen LogP contribution >= 0.6 is 0 Å². The molecule has 0 bridgehead atoms. The molecule has 0 aliphatic carbocycles. The molecule has 0 saturated carbocycles. The second-order valence-electron chi connectivity index (χ2n) is 4.29. The first kappa shape index (κ1) is 11.3. The van der Waals surface area contributed by atoms with E-state index < -0.39 is 10.0 Å². The summed E-state index contributed by atoms with van der Waals surface area (Å²) >= 11 is 0. The number of hydrogen-bond acceptors (Lipinski definition) is 4. The molecule has 0 spiro atoms. The summed E-state index contributed by atoms with van der Waals surface area (Å²) in [5, 5.41) is -0.350. The van der Waals surface area contributed by atoms with E-state index in [9.17, 15) is 8.42 Å². The summed E-state index contributed by atoms with van der Waals surface area (Å²) in [5.41, 5.74) is 5.71. The summed E-state index contributed by atoms with van der Waals surface area (Å²) in [5.74, 6) is 0. The van der Waals surface area contributed by atoms with Gasteiger partial charge in [-0.05, 0) is 19.3 Å². The van der Waals surface area contributed by atoms with E-state index in [1.54, 1.807) is 0 Å². The van der Waals surface area contributed by atoms with Gasteiger partial charge in [-0.2, -0.15) is 4.31 Å². The van der Waals surface area contributed by atoms with Crippen LogP contribution in [-0.4, -0.2) is 50.3 Å². The molecule has 0 aromatic heterocycles. The first-order valence-corrected chi connectivity index (χ1v) is 6.93. The fraction of sp³-hybridized carbons (Fsp3) is 1.00. The summed E-state index contributed by atoms with van der Waals surface area (Å²) in [6.07, 6.45) is 2.32. The first-order valence-electron chi connectivity index (χ1n) is 5.43. The number of nitrogens with two attached hydrogens (primary N) is 1. The van der Waals surface area contributed by atoms with Crippen LogP contribution in [0.25, 0.3) is 0 Å². The molecule has 2 heterocycles. The lowest BCUT2D eigenvalue weighted by atomic mass is 10.2. The third-order valence-corrected chi connectivity index (χ3v) is 5.35. The van der Waals surface area contributed by atoms with Gasteiger partial charge in [0.25, 0.3) is 0 Å². The van der Waals surface area contributed by atoms with Crippen molar-refractivity contribution in [2.75, 3.05) is 26.3 Å². The molecule has 15 heavy (non-hydrogen) atoms. The van der Waals surface area contributed by atoms with Crippen LogP contribution in [0.15, 0.2) is 0 Å². The average Bonchev–Trinajstić information content (AvgIpc) is 2.67. The molecule has 0 aromatic rings. The zero-order chi connectivity index (χ0) is 10.9. The number of sulfonamides is 1. The Bertz CT molecular complexity index is 301. The lowest BCUT2D eigenvalue weighted by Crippen LogP contribution is -2.42. The van der Waals surface area contributed by atoms with Gasteiger partial charge in [0.2, 0.25) is 10.0 Å². The van der Waals surface area contributed by atoms with E-state index in [4.69, 9.17) is 10.5 Å². The zero-order valence-electron chi connectivity index (χ0n) is 8.76. The molecule has 6 heteroatoms. The second-order valence-corrected chi connectivity index (χ2v) is 6.50. The van der Waals surface area contributed by atoms with Gasteiger partial charge in [-0.1, -0.05) is 0 Å². The molecule has 2 atom stereocenters. The maximum Gasteiger partial charge on any atom is 0.219 e. The molecule has 88 valence electrons. The van der Waals surface area contributed by atoms with E-state index in [-0.39, 0.29) is 11.3 Å². The maximum absolute atomic E-state index is 12.1. The first-order chi connectivity index (χ1) is 7.10. The highest BCUT2D eigenvalue weighted by Gasteiger charge is 2.36. The molecule has 0 unspecified atom stereocenters. The van der Waals surface area contributed by atoms with Crippen LogP contribution in [0.5, 0.6) is 0 Å². The Kier molecular flexibility index (Phi) is 3.30. The Morgan fingerprint density at radius 1 is 1.33 bits per heavy atom. The van der Waals surface area contributed by atoms with Gasteiger partial charge < -0.3 is 10.5 Å². The Morgan fingerprint density at radius 3 is 2.67 bits per heavy atom. The quantitative estimate of drug-likeness (QED) is 0.701. The minimum absolute atomic E-state index is 0.00397. The SMILES string of the molecule is N[C@H]1CCN(S(=O)(=O)[C@H]2CCCOC2)C1. The molecule has 0 amide bonds. The summed E-state index contributed by atoms with van der Waals surface area (Å²) in [6.45, 7) is 2.07. The van der Waals surface area contributed by atoms with Crippen molar-refractivity contribution in [2.45, 2.75) is 30.6 Å². The standard InChI is InChI=1S/C9H18N2O3S/c10-8-3-4-11(6-8)15(12,13)9-2-1-5-14-7-9/h8-9H,1-7,10H2/t8-,9-/m0/s1. The Morgan fingerprint density at radius 2 is 2.13 bits per heavy atom. The minimum atomic E-state index is -3.17. The summed E-state index contributed by atoms with van der Waals surface area (Å²) in [6, 6.07) is 0.00397. The summed E-state index contributed by atoms with van der Waals surface area (Å²) < 4.78 is 31.0. The molecular formula is C9H18N2O3S. The second kappa shape index (κ2) is 4.37. The average molecular weight is 234 g/mol. The van der Waals surface area contributed by atoms with Crippen molar-refractivity contribution in [3.63, 3.8) is 0 Å². The van der Waals surface area contributed by atoms with E-state index in [0.717, 1.165) is 12.8 Å². The molecule has 5 nitrogen and oxygen atoms in total. The third-order valence-electron chi connectivity index (χ3n) is 3.09. The molecule has 2 saturated heterocycles. The molecular weight excluding hydrogens is 216 g/mol. The Labute approximate surface area is 90.6 Å². The van der Waals surface area contributed by atoms with E-state index >= 15 is 0 Å². The van der Waals surface area contributed by atoms with Crippen LogP contribution in [0.3, 0.4) is 0 Å². The fourth-order valence-electron chi connectivity index (χ4n) is 2.14. The lowest BCUT2D eigenvalue weighted by molar-refractivity contribution is 0.0977. The fourth-order valence-corrected chi connectivity index (χ4v) is 4.06. The van der Waals surface area contributed by atoms with Gasteiger partial charge in [0, 0.05) is 25.7 Å². The van der Waals surface area contributed by atoms with Crippen LogP contribution < -0.4 is 5.73 Å². The van der Waals surface area contributed by atoms with Crippen LogP contribution in [0.4, 0.5) is 0 Å². The van der Waals surface area contributed by atoms with Crippen molar-refractivity contribution in [3.8, 4) is 0 Å². The maximum atomic E-state index is 12.1. The molecule has 2 N–H and O–H groups in total.